The summed E-state index contributed by atoms with van der Waals surface area (Å²) < 4.78 is 32.1. The molecule has 11 heteroatoms. The third kappa shape index (κ3) is 9.22. The lowest BCUT2D eigenvalue weighted by Gasteiger charge is -2.48. The minimum absolute atomic E-state index is 0.0397. The molecule has 0 aromatic carbocycles. The van der Waals surface area contributed by atoms with Crippen LogP contribution in [0.1, 0.15) is 88.0 Å². The lowest BCUT2D eigenvalue weighted by Crippen LogP contribution is -2.60. The highest BCUT2D eigenvalue weighted by Crippen LogP contribution is 2.38. The number of carbonyl (C=O) groups is 2. The van der Waals surface area contributed by atoms with Crippen molar-refractivity contribution in [1.82, 2.24) is 9.80 Å². The predicted molar refractivity (Wildman–Crippen MR) is 180 cm³/mol. The highest BCUT2D eigenvalue weighted by Gasteiger charge is 2.51. The second-order valence-corrected chi connectivity index (χ2v) is 15.2. The first-order valence-electron chi connectivity index (χ1n) is 17.7. The van der Waals surface area contributed by atoms with Crippen molar-refractivity contribution in [3.8, 4) is 0 Å². The number of esters is 1. The third-order valence-corrected chi connectivity index (χ3v) is 10.6. The van der Waals surface area contributed by atoms with Gasteiger partial charge in [-0.05, 0) is 92.4 Å². The zero-order chi connectivity index (χ0) is 35.4. The van der Waals surface area contributed by atoms with Crippen LogP contribution in [0.15, 0.2) is 12.2 Å². The Labute approximate surface area is 283 Å². The molecule has 13 atom stereocenters. The number of fused-ring (bicyclic) bond motifs is 15. The number of hydrogen-bond acceptors (Lipinski definition) is 11. The quantitative estimate of drug-likeness (QED) is 0.245. The molecule has 4 saturated heterocycles. The van der Waals surface area contributed by atoms with Gasteiger partial charge in [-0.2, -0.15) is 0 Å². The number of aliphatic hydroxyl groups is 2. The zero-order valence-corrected chi connectivity index (χ0v) is 30.9. The molecule has 4 heterocycles. The number of carbonyl (C=O) groups excluding carboxylic acids is 2. The van der Waals surface area contributed by atoms with E-state index in [0.29, 0.717) is 31.4 Å². The second kappa shape index (κ2) is 16.5. The topological polar surface area (TPSA) is 127 Å². The fraction of sp³-hybridized carbons (Fsp3) is 0.889. The molecular weight excluding hydrogens is 604 g/mol. The van der Waals surface area contributed by atoms with Crippen molar-refractivity contribution in [1.29, 1.82) is 0 Å². The van der Waals surface area contributed by atoms with Crippen molar-refractivity contribution < 1.29 is 43.5 Å². The van der Waals surface area contributed by atoms with E-state index in [2.05, 4.69) is 32.3 Å². The Bertz CT molecular complexity index is 1070. The summed E-state index contributed by atoms with van der Waals surface area (Å²) in [5.74, 6) is -3.25. The number of nitrogens with zero attached hydrogens (tertiary/aromatic N) is 2. The zero-order valence-electron chi connectivity index (χ0n) is 30.9. The molecule has 2 N–H and O–H groups in total. The van der Waals surface area contributed by atoms with E-state index in [1.165, 1.54) is 6.92 Å². The first-order chi connectivity index (χ1) is 21.9. The van der Waals surface area contributed by atoms with Crippen LogP contribution in [0.4, 0.5) is 0 Å². The molecule has 4 aliphatic rings. The smallest absolute Gasteiger partial charge is 0.316 e. The van der Waals surface area contributed by atoms with E-state index in [0.717, 1.165) is 13.0 Å². The van der Waals surface area contributed by atoms with E-state index < -0.39 is 59.7 Å². The average Bonchev–Trinajstić information content (AvgIpc) is 3.00. The standard InChI is InChI=1S/C36H64N2O9/c1-13-15-38-18-22(4)31-36(10,42)28(14-2)46-33(41)26(8)29(39)25(7)32(35(9,17-23(38)5)44-20-21(3)19-43-31)47-34-30(40)27(37(11)12)16-24(6)45-34/h22-28,30-32,34,40,42H,3,13-20H2,1-2,4-12H3/t22-,23+,24+,25-,26+,27-,28+,30+,31-,32+,34-,35+,36+/m0/s1. The van der Waals surface area contributed by atoms with Crippen LogP contribution in [0.3, 0.4) is 0 Å². The Hall–Kier alpha value is -1.44. The van der Waals surface area contributed by atoms with Gasteiger partial charge in [0, 0.05) is 24.5 Å². The first kappa shape index (κ1) is 40.0. The Morgan fingerprint density at radius 1 is 1.09 bits per heavy atom. The minimum Gasteiger partial charge on any atom is -0.459 e. The maximum atomic E-state index is 14.3. The van der Waals surface area contributed by atoms with Crippen LogP contribution in [0.5, 0.6) is 0 Å². The predicted octanol–water partition coefficient (Wildman–Crippen LogP) is 3.58. The molecule has 11 nitrogen and oxygen atoms in total. The SMILES string of the molecule is C=C1CO[C@H]2[C@@H](C)CN(CCC)[C@H](C)C[C@@](C)(OC1)[C@H](O[C@@H]1O[C@H](C)C[C@H](N(C)C)[C@H]1O)[C@@H](C)C(=O)[C@@H](C)C(=O)O[C@H](CC)[C@@]2(C)O. The molecule has 2 bridgehead atoms. The summed E-state index contributed by atoms with van der Waals surface area (Å²) >= 11 is 0. The molecule has 0 saturated carbocycles. The second-order valence-electron chi connectivity index (χ2n) is 15.2. The summed E-state index contributed by atoms with van der Waals surface area (Å²) in [6, 6.07) is -0.262. The van der Waals surface area contributed by atoms with E-state index in [9.17, 15) is 19.8 Å². The summed E-state index contributed by atoms with van der Waals surface area (Å²) in [5, 5.41) is 23.6. The molecule has 4 fully saturated rings. The maximum Gasteiger partial charge on any atom is 0.316 e. The number of likely N-dealkylation sites (N-methyl/N-ethyl adjacent to an activating group) is 1. The van der Waals surface area contributed by atoms with Crippen LogP contribution < -0.4 is 0 Å². The van der Waals surface area contributed by atoms with Gasteiger partial charge in [0.05, 0.1) is 37.1 Å². The number of Topliss-reactive ketones (excluding diaryl/α,β-unsaturated/α-hetero) is 1. The fourth-order valence-electron chi connectivity index (χ4n) is 7.93. The first-order valence-corrected chi connectivity index (χ1v) is 17.7. The van der Waals surface area contributed by atoms with E-state index in [4.69, 9.17) is 23.7 Å². The molecule has 4 rings (SSSR count). The molecule has 272 valence electrons. The number of ether oxygens (including phenoxy) is 5. The summed E-state index contributed by atoms with van der Waals surface area (Å²) in [5.41, 5.74) is -1.98. The normalized spacial score (nSPS) is 43.9. The summed E-state index contributed by atoms with van der Waals surface area (Å²) in [7, 11) is 3.82. The Kier molecular flexibility index (Phi) is 14.0. The minimum atomic E-state index is -1.56. The van der Waals surface area contributed by atoms with Crippen molar-refractivity contribution in [2.45, 2.75) is 148 Å². The van der Waals surface area contributed by atoms with E-state index in [1.54, 1.807) is 13.8 Å². The van der Waals surface area contributed by atoms with Gasteiger partial charge in [-0.3, -0.25) is 9.59 Å². The highest BCUT2D eigenvalue weighted by atomic mass is 16.7. The summed E-state index contributed by atoms with van der Waals surface area (Å²) in [4.78, 5) is 32.2. The third-order valence-electron chi connectivity index (χ3n) is 10.6. The number of hydrogen-bond donors (Lipinski definition) is 2. The molecule has 0 aromatic rings. The molecule has 0 amide bonds. The fourth-order valence-corrected chi connectivity index (χ4v) is 7.93. The number of aliphatic hydroxyl groups excluding tert-OH is 1. The van der Waals surface area contributed by atoms with Gasteiger partial charge in [0.2, 0.25) is 0 Å². The van der Waals surface area contributed by atoms with Crippen molar-refractivity contribution in [2.24, 2.45) is 17.8 Å². The van der Waals surface area contributed by atoms with Crippen LogP contribution >= 0.6 is 0 Å². The highest BCUT2D eigenvalue weighted by molar-refractivity contribution is 6.00. The monoisotopic (exact) mass is 668 g/mol. The Balaban J connectivity index is 2.23. The van der Waals surface area contributed by atoms with Gasteiger partial charge in [-0.25, -0.2) is 0 Å². The van der Waals surface area contributed by atoms with Crippen molar-refractivity contribution >= 4 is 11.8 Å². The molecule has 0 radical (unpaired) electrons. The largest absolute Gasteiger partial charge is 0.459 e. The summed E-state index contributed by atoms with van der Waals surface area (Å²) in [6.07, 6.45) is -2.43. The van der Waals surface area contributed by atoms with Gasteiger partial charge in [-0.15, -0.1) is 0 Å². The lowest BCUT2D eigenvalue weighted by atomic mass is 9.79. The molecule has 0 aliphatic carbocycles. The van der Waals surface area contributed by atoms with Crippen molar-refractivity contribution in [2.75, 3.05) is 40.4 Å². The molecule has 0 unspecified atom stereocenters. The molecule has 4 aliphatic heterocycles. The van der Waals surface area contributed by atoms with Gasteiger partial charge >= 0.3 is 5.97 Å². The number of rotatable bonds is 6. The number of ketones is 1. The van der Waals surface area contributed by atoms with Gasteiger partial charge in [0.15, 0.2) is 12.1 Å². The van der Waals surface area contributed by atoms with Crippen molar-refractivity contribution in [3.63, 3.8) is 0 Å². The summed E-state index contributed by atoms with van der Waals surface area (Å²) in [6.45, 7) is 22.9. The van der Waals surface area contributed by atoms with Gasteiger partial charge in [0.25, 0.3) is 0 Å². The average molecular weight is 669 g/mol. The van der Waals surface area contributed by atoms with Crippen LogP contribution in [0.2, 0.25) is 0 Å². The van der Waals surface area contributed by atoms with E-state index in [1.807, 2.05) is 39.8 Å². The Morgan fingerprint density at radius 3 is 2.34 bits per heavy atom. The van der Waals surface area contributed by atoms with Gasteiger partial charge in [0.1, 0.15) is 23.7 Å². The van der Waals surface area contributed by atoms with E-state index >= 15 is 0 Å². The lowest BCUT2D eigenvalue weighted by molar-refractivity contribution is -0.297. The Morgan fingerprint density at radius 2 is 1.74 bits per heavy atom. The van der Waals surface area contributed by atoms with E-state index in [-0.39, 0.29) is 43.1 Å². The molecule has 0 aromatic heterocycles. The molecule has 0 spiro atoms. The van der Waals surface area contributed by atoms with Crippen LogP contribution in [0.25, 0.3) is 0 Å². The van der Waals surface area contributed by atoms with Crippen LogP contribution in [0, 0.1) is 17.8 Å². The van der Waals surface area contributed by atoms with Gasteiger partial charge < -0.3 is 43.7 Å². The van der Waals surface area contributed by atoms with Crippen LogP contribution in [-0.4, -0.2) is 132 Å². The molecule has 47 heavy (non-hydrogen) atoms. The maximum absolute atomic E-state index is 14.3. The van der Waals surface area contributed by atoms with Crippen molar-refractivity contribution in [3.05, 3.63) is 12.2 Å². The van der Waals surface area contributed by atoms with Gasteiger partial charge in [-0.1, -0.05) is 34.3 Å². The van der Waals surface area contributed by atoms with Crippen LogP contribution in [-0.2, 0) is 33.3 Å². The molecular formula is C36H64N2O9.